The molecule has 15 heavy (non-hydrogen) atoms. The third-order valence-corrected chi connectivity index (χ3v) is 2.32. The molecule has 0 aliphatic heterocycles. The van der Waals surface area contributed by atoms with Gasteiger partial charge >= 0.3 is 0 Å². The fourth-order valence-electron chi connectivity index (χ4n) is 1.36. The van der Waals surface area contributed by atoms with Gasteiger partial charge in [-0.15, -0.1) is 0 Å². The zero-order valence-corrected chi connectivity index (χ0v) is 9.41. The van der Waals surface area contributed by atoms with Crippen LogP contribution in [-0.2, 0) is 11.2 Å². The number of hydrogen-bond acceptors (Lipinski definition) is 3. The Balaban J connectivity index is 2.12. The van der Waals surface area contributed by atoms with Crippen LogP contribution in [0.25, 0.3) is 0 Å². The molecule has 0 aliphatic carbocycles. The van der Waals surface area contributed by atoms with E-state index in [1.807, 2.05) is 12.3 Å². The monoisotopic (exact) mass is 208 g/mol. The van der Waals surface area contributed by atoms with Crippen molar-refractivity contribution in [2.75, 3.05) is 18.9 Å². The SMILES string of the molecule is CCCCOCCCc1cnccc1N. The molecular formula is C12H20N2O. The van der Waals surface area contributed by atoms with Crippen molar-refractivity contribution in [1.82, 2.24) is 4.98 Å². The molecule has 84 valence electrons. The Hall–Kier alpha value is -1.09. The fourth-order valence-corrected chi connectivity index (χ4v) is 1.36. The van der Waals surface area contributed by atoms with E-state index in [2.05, 4.69) is 11.9 Å². The van der Waals surface area contributed by atoms with E-state index in [9.17, 15) is 0 Å². The molecule has 3 nitrogen and oxygen atoms in total. The molecule has 2 N–H and O–H groups in total. The summed E-state index contributed by atoms with van der Waals surface area (Å²) in [6.45, 7) is 3.85. The van der Waals surface area contributed by atoms with Crippen LogP contribution in [0, 0.1) is 0 Å². The summed E-state index contributed by atoms with van der Waals surface area (Å²) in [7, 11) is 0. The zero-order valence-electron chi connectivity index (χ0n) is 9.41. The lowest BCUT2D eigenvalue weighted by atomic mass is 10.1. The number of nitrogens with two attached hydrogens (primary N) is 1. The summed E-state index contributed by atoms with van der Waals surface area (Å²) < 4.78 is 5.47. The molecule has 0 bridgehead atoms. The van der Waals surface area contributed by atoms with Gasteiger partial charge in [0.1, 0.15) is 0 Å². The molecule has 0 aromatic carbocycles. The average Bonchev–Trinajstić information content (AvgIpc) is 2.25. The second-order valence-corrected chi connectivity index (χ2v) is 3.64. The van der Waals surface area contributed by atoms with Crippen LogP contribution in [-0.4, -0.2) is 18.2 Å². The van der Waals surface area contributed by atoms with Gasteiger partial charge in [-0.25, -0.2) is 0 Å². The molecule has 0 saturated heterocycles. The summed E-state index contributed by atoms with van der Waals surface area (Å²) in [5, 5.41) is 0. The Morgan fingerprint density at radius 2 is 2.13 bits per heavy atom. The number of aromatic nitrogens is 1. The Labute approximate surface area is 91.7 Å². The summed E-state index contributed by atoms with van der Waals surface area (Å²) in [6.07, 6.45) is 7.86. The maximum atomic E-state index is 5.80. The number of anilines is 1. The van der Waals surface area contributed by atoms with Crippen molar-refractivity contribution < 1.29 is 4.74 Å². The van der Waals surface area contributed by atoms with Crippen LogP contribution in [0.1, 0.15) is 31.7 Å². The van der Waals surface area contributed by atoms with Gasteiger partial charge < -0.3 is 10.5 Å². The molecule has 0 atom stereocenters. The van der Waals surface area contributed by atoms with Crippen molar-refractivity contribution in [3.63, 3.8) is 0 Å². The molecule has 1 rings (SSSR count). The predicted molar refractivity (Wildman–Crippen MR) is 62.7 cm³/mol. The first-order valence-electron chi connectivity index (χ1n) is 5.60. The smallest absolute Gasteiger partial charge is 0.0469 e. The van der Waals surface area contributed by atoms with Crippen LogP contribution in [0.4, 0.5) is 5.69 Å². The molecule has 0 aliphatic rings. The first-order chi connectivity index (χ1) is 7.34. The third-order valence-electron chi connectivity index (χ3n) is 2.32. The maximum Gasteiger partial charge on any atom is 0.0469 e. The van der Waals surface area contributed by atoms with Crippen LogP contribution < -0.4 is 5.73 Å². The largest absolute Gasteiger partial charge is 0.398 e. The molecule has 1 aromatic heterocycles. The number of aryl methyl sites for hydroxylation is 1. The minimum atomic E-state index is 0.814. The molecule has 0 amide bonds. The van der Waals surface area contributed by atoms with E-state index in [4.69, 9.17) is 10.5 Å². The zero-order chi connectivity index (χ0) is 10.9. The molecular weight excluding hydrogens is 188 g/mol. The summed E-state index contributed by atoms with van der Waals surface area (Å²) in [6, 6.07) is 1.84. The minimum Gasteiger partial charge on any atom is -0.398 e. The number of ether oxygens (including phenoxy) is 1. The van der Waals surface area contributed by atoms with Gasteiger partial charge in [0.05, 0.1) is 0 Å². The topological polar surface area (TPSA) is 48.1 Å². The molecule has 3 heteroatoms. The first-order valence-corrected chi connectivity index (χ1v) is 5.60. The number of pyridine rings is 1. The lowest BCUT2D eigenvalue weighted by Crippen LogP contribution is -2.00. The second-order valence-electron chi connectivity index (χ2n) is 3.64. The van der Waals surface area contributed by atoms with Gasteiger partial charge in [-0.05, 0) is 30.9 Å². The molecule has 0 spiro atoms. The first kappa shape index (κ1) is 12.0. The van der Waals surface area contributed by atoms with E-state index in [0.29, 0.717) is 0 Å². The van der Waals surface area contributed by atoms with Gasteiger partial charge in [0.15, 0.2) is 0 Å². The third kappa shape index (κ3) is 4.79. The summed E-state index contributed by atoms with van der Waals surface area (Å²) >= 11 is 0. The van der Waals surface area contributed by atoms with Gasteiger partial charge in [-0.3, -0.25) is 4.98 Å². The normalized spacial score (nSPS) is 10.5. The van der Waals surface area contributed by atoms with Gasteiger partial charge in [0.2, 0.25) is 0 Å². The molecule has 0 fully saturated rings. The number of rotatable bonds is 7. The van der Waals surface area contributed by atoms with Crippen LogP contribution in [0.3, 0.4) is 0 Å². The van der Waals surface area contributed by atoms with Crippen LogP contribution in [0.5, 0.6) is 0 Å². The van der Waals surface area contributed by atoms with Gasteiger partial charge in [0, 0.05) is 31.3 Å². The summed E-state index contributed by atoms with van der Waals surface area (Å²) in [5.41, 5.74) is 7.76. The van der Waals surface area contributed by atoms with Gasteiger partial charge in [0.25, 0.3) is 0 Å². The molecule has 0 unspecified atom stereocenters. The Morgan fingerprint density at radius 1 is 1.33 bits per heavy atom. The Morgan fingerprint density at radius 3 is 2.87 bits per heavy atom. The second kappa shape index (κ2) is 7.23. The lowest BCUT2D eigenvalue weighted by Gasteiger charge is -2.05. The molecule has 1 aromatic rings. The van der Waals surface area contributed by atoms with E-state index < -0.39 is 0 Å². The van der Waals surface area contributed by atoms with Crippen molar-refractivity contribution in [2.45, 2.75) is 32.6 Å². The van der Waals surface area contributed by atoms with E-state index in [1.165, 1.54) is 6.42 Å². The standard InChI is InChI=1S/C12H20N2O/c1-2-3-8-15-9-4-5-11-10-14-7-6-12(11)13/h6-7,10H,2-5,8-9H2,1H3,(H2,13,14). The predicted octanol–water partition coefficient (Wildman–Crippen LogP) is 2.41. The number of nitrogens with zero attached hydrogens (tertiary/aromatic N) is 1. The van der Waals surface area contributed by atoms with Gasteiger partial charge in [-0.2, -0.15) is 0 Å². The number of unbranched alkanes of at least 4 members (excludes halogenated alkanes) is 1. The highest BCUT2D eigenvalue weighted by Crippen LogP contribution is 2.10. The van der Waals surface area contributed by atoms with Crippen LogP contribution >= 0.6 is 0 Å². The van der Waals surface area contributed by atoms with E-state index >= 15 is 0 Å². The molecule has 0 saturated carbocycles. The highest BCUT2D eigenvalue weighted by Gasteiger charge is 1.98. The van der Waals surface area contributed by atoms with Gasteiger partial charge in [-0.1, -0.05) is 13.3 Å². The summed E-state index contributed by atoms with van der Waals surface area (Å²) in [4.78, 5) is 4.05. The molecule has 1 heterocycles. The number of nitrogen functional groups attached to an aromatic ring is 1. The van der Waals surface area contributed by atoms with Crippen molar-refractivity contribution in [3.05, 3.63) is 24.0 Å². The van der Waals surface area contributed by atoms with Crippen molar-refractivity contribution >= 4 is 5.69 Å². The Bertz CT molecular complexity index is 276. The Kier molecular flexibility index (Phi) is 5.78. The van der Waals surface area contributed by atoms with Crippen LogP contribution in [0.15, 0.2) is 18.5 Å². The maximum absolute atomic E-state index is 5.80. The lowest BCUT2D eigenvalue weighted by molar-refractivity contribution is 0.129. The van der Waals surface area contributed by atoms with E-state index in [0.717, 1.165) is 43.7 Å². The van der Waals surface area contributed by atoms with Crippen molar-refractivity contribution in [2.24, 2.45) is 0 Å². The van der Waals surface area contributed by atoms with E-state index in [1.54, 1.807) is 6.20 Å². The highest BCUT2D eigenvalue weighted by molar-refractivity contribution is 5.44. The number of hydrogen-bond donors (Lipinski definition) is 1. The van der Waals surface area contributed by atoms with Crippen molar-refractivity contribution in [1.29, 1.82) is 0 Å². The van der Waals surface area contributed by atoms with Crippen LogP contribution in [0.2, 0.25) is 0 Å². The highest BCUT2D eigenvalue weighted by atomic mass is 16.5. The average molecular weight is 208 g/mol. The fraction of sp³-hybridized carbons (Fsp3) is 0.583. The van der Waals surface area contributed by atoms with Crippen molar-refractivity contribution in [3.8, 4) is 0 Å². The van der Waals surface area contributed by atoms with E-state index in [-0.39, 0.29) is 0 Å². The quantitative estimate of drug-likeness (QED) is 0.700. The summed E-state index contributed by atoms with van der Waals surface area (Å²) in [5.74, 6) is 0. The minimum absolute atomic E-state index is 0.814. The molecule has 0 radical (unpaired) electrons.